The van der Waals surface area contributed by atoms with Crippen LogP contribution in [0.25, 0.3) is 0 Å². The van der Waals surface area contributed by atoms with Crippen molar-refractivity contribution in [1.82, 2.24) is 15.6 Å². The predicted molar refractivity (Wildman–Crippen MR) is 103 cm³/mol. The van der Waals surface area contributed by atoms with E-state index >= 15 is 0 Å². The molecule has 0 saturated carbocycles. The second-order valence-corrected chi connectivity index (χ2v) is 5.03. The molecule has 1 aromatic carbocycles. The van der Waals surface area contributed by atoms with E-state index in [1.807, 2.05) is 18.5 Å². The van der Waals surface area contributed by atoms with Crippen LogP contribution in [0.5, 0.6) is 0 Å². The highest BCUT2D eigenvalue weighted by molar-refractivity contribution is 14.0. The maximum atomic E-state index is 12.9. The Morgan fingerprint density at radius 2 is 1.91 bits per heavy atom. The van der Waals surface area contributed by atoms with Gasteiger partial charge in [0.15, 0.2) is 5.96 Å². The van der Waals surface area contributed by atoms with Crippen molar-refractivity contribution in [1.29, 1.82) is 0 Å². The van der Waals surface area contributed by atoms with Crippen molar-refractivity contribution in [3.8, 4) is 0 Å². The maximum absolute atomic E-state index is 12.9. The molecule has 1 aromatic heterocycles. The van der Waals surface area contributed by atoms with Gasteiger partial charge >= 0.3 is 0 Å². The minimum Gasteiger partial charge on any atom is -0.356 e. The fraction of sp³-hybridized carbons (Fsp3) is 0.294. The summed E-state index contributed by atoms with van der Waals surface area (Å²) in [4.78, 5) is 8.27. The quantitative estimate of drug-likeness (QED) is 0.438. The molecule has 0 bridgehead atoms. The van der Waals surface area contributed by atoms with Crippen molar-refractivity contribution in [2.24, 2.45) is 4.99 Å². The SMILES string of the molecule is CN=C(NCCc1ccncc1C)NCc1ccc(F)cc1.I. The molecule has 23 heavy (non-hydrogen) atoms. The van der Waals surface area contributed by atoms with Crippen molar-refractivity contribution in [3.05, 3.63) is 65.2 Å². The Hall–Kier alpha value is -1.70. The minimum absolute atomic E-state index is 0. The number of aliphatic imine (C=N–C) groups is 1. The lowest BCUT2D eigenvalue weighted by Crippen LogP contribution is -2.37. The summed E-state index contributed by atoms with van der Waals surface area (Å²) in [5, 5.41) is 6.48. The van der Waals surface area contributed by atoms with E-state index in [9.17, 15) is 4.39 Å². The zero-order valence-electron chi connectivity index (χ0n) is 13.3. The van der Waals surface area contributed by atoms with Crippen LogP contribution in [0.1, 0.15) is 16.7 Å². The third-order valence-corrected chi connectivity index (χ3v) is 3.42. The molecule has 0 unspecified atom stereocenters. The van der Waals surface area contributed by atoms with E-state index in [4.69, 9.17) is 0 Å². The Kier molecular flexibility index (Phi) is 8.53. The molecular formula is C17H22FIN4. The van der Waals surface area contributed by atoms with E-state index in [-0.39, 0.29) is 29.8 Å². The van der Waals surface area contributed by atoms with Gasteiger partial charge in [-0.3, -0.25) is 9.98 Å². The lowest BCUT2D eigenvalue weighted by Gasteiger charge is -2.12. The third-order valence-electron chi connectivity index (χ3n) is 3.42. The van der Waals surface area contributed by atoms with Crippen LogP contribution in [0.4, 0.5) is 4.39 Å². The summed E-state index contributed by atoms with van der Waals surface area (Å²) in [6.45, 7) is 3.45. The van der Waals surface area contributed by atoms with E-state index in [1.165, 1.54) is 23.3 Å². The van der Waals surface area contributed by atoms with Gasteiger partial charge in [-0.05, 0) is 48.2 Å². The Labute approximate surface area is 153 Å². The zero-order valence-corrected chi connectivity index (χ0v) is 15.7. The molecule has 0 spiro atoms. The lowest BCUT2D eigenvalue weighted by atomic mass is 10.1. The number of aryl methyl sites for hydroxylation is 1. The number of halogens is 2. The van der Waals surface area contributed by atoms with Crippen LogP contribution >= 0.6 is 24.0 Å². The number of hydrogen-bond donors (Lipinski definition) is 2. The van der Waals surface area contributed by atoms with Crippen molar-refractivity contribution in [3.63, 3.8) is 0 Å². The standard InChI is InChI=1S/C17H21FN4.HI/c1-13-11-20-9-7-15(13)8-10-21-17(19-2)22-12-14-3-5-16(18)6-4-14;/h3-7,9,11H,8,10,12H2,1-2H3,(H2,19,21,22);1H. The number of benzene rings is 1. The summed E-state index contributed by atoms with van der Waals surface area (Å²) in [5.74, 6) is 0.509. The van der Waals surface area contributed by atoms with Crippen molar-refractivity contribution in [2.45, 2.75) is 19.9 Å². The summed E-state index contributed by atoms with van der Waals surface area (Å²) in [6.07, 6.45) is 4.59. The Balaban J connectivity index is 0.00000264. The highest BCUT2D eigenvalue weighted by Crippen LogP contribution is 2.05. The van der Waals surface area contributed by atoms with Crippen LogP contribution in [0.15, 0.2) is 47.7 Å². The van der Waals surface area contributed by atoms with Gasteiger partial charge in [0.05, 0.1) is 0 Å². The van der Waals surface area contributed by atoms with E-state index in [1.54, 1.807) is 19.2 Å². The molecule has 124 valence electrons. The number of pyridine rings is 1. The highest BCUT2D eigenvalue weighted by Gasteiger charge is 2.01. The predicted octanol–water partition coefficient (Wildman–Crippen LogP) is 3.05. The van der Waals surface area contributed by atoms with Crippen molar-refractivity contribution in [2.75, 3.05) is 13.6 Å². The Morgan fingerprint density at radius 3 is 2.57 bits per heavy atom. The van der Waals surface area contributed by atoms with E-state index in [2.05, 4.69) is 27.5 Å². The van der Waals surface area contributed by atoms with Gasteiger partial charge in [-0.25, -0.2) is 4.39 Å². The van der Waals surface area contributed by atoms with Gasteiger partial charge in [0, 0.05) is 32.5 Å². The van der Waals surface area contributed by atoms with Gasteiger partial charge in [-0.15, -0.1) is 24.0 Å². The summed E-state index contributed by atoms with van der Waals surface area (Å²) in [7, 11) is 1.73. The number of aromatic nitrogens is 1. The Bertz CT molecular complexity index is 629. The van der Waals surface area contributed by atoms with Gasteiger partial charge in [0.25, 0.3) is 0 Å². The second-order valence-electron chi connectivity index (χ2n) is 5.03. The van der Waals surface area contributed by atoms with Crippen LogP contribution in [0.2, 0.25) is 0 Å². The van der Waals surface area contributed by atoms with E-state index in [0.29, 0.717) is 6.54 Å². The van der Waals surface area contributed by atoms with Gasteiger partial charge in [-0.1, -0.05) is 12.1 Å². The fourth-order valence-corrected chi connectivity index (χ4v) is 2.11. The van der Waals surface area contributed by atoms with E-state index in [0.717, 1.165) is 24.5 Å². The van der Waals surface area contributed by atoms with Gasteiger partial charge < -0.3 is 10.6 Å². The molecule has 0 aliphatic heterocycles. The molecule has 0 aliphatic carbocycles. The van der Waals surface area contributed by atoms with Crippen LogP contribution in [0, 0.1) is 12.7 Å². The maximum Gasteiger partial charge on any atom is 0.191 e. The molecule has 0 radical (unpaired) electrons. The minimum atomic E-state index is -0.223. The Morgan fingerprint density at radius 1 is 1.17 bits per heavy atom. The summed E-state index contributed by atoms with van der Waals surface area (Å²) < 4.78 is 12.9. The molecule has 0 atom stereocenters. The lowest BCUT2D eigenvalue weighted by molar-refractivity contribution is 0.626. The first kappa shape index (κ1) is 19.3. The number of rotatable bonds is 5. The molecule has 0 saturated heterocycles. The van der Waals surface area contributed by atoms with Crippen LogP contribution in [-0.4, -0.2) is 24.5 Å². The molecule has 1 heterocycles. The summed E-state index contributed by atoms with van der Waals surface area (Å²) >= 11 is 0. The molecule has 2 aromatic rings. The van der Waals surface area contributed by atoms with Gasteiger partial charge in [0.1, 0.15) is 5.82 Å². The first-order valence-electron chi connectivity index (χ1n) is 7.27. The average molecular weight is 428 g/mol. The molecule has 4 nitrogen and oxygen atoms in total. The normalized spacial score (nSPS) is 10.8. The van der Waals surface area contributed by atoms with Crippen molar-refractivity contribution < 1.29 is 4.39 Å². The first-order valence-corrected chi connectivity index (χ1v) is 7.27. The molecule has 0 amide bonds. The summed E-state index contributed by atoms with van der Waals surface area (Å²) in [6, 6.07) is 8.47. The van der Waals surface area contributed by atoms with Crippen LogP contribution in [-0.2, 0) is 13.0 Å². The first-order chi connectivity index (χ1) is 10.7. The largest absolute Gasteiger partial charge is 0.356 e. The molecule has 6 heteroatoms. The zero-order chi connectivity index (χ0) is 15.8. The smallest absolute Gasteiger partial charge is 0.191 e. The third kappa shape index (κ3) is 6.52. The van der Waals surface area contributed by atoms with Gasteiger partial charge in [0.2, 0.25) is 0 Å². The van der Waals surface area contributed by atoms with Crippen LogP contribution in [0.3, 0.4) is 0 Å². The fourth-order valence-electron chi connectivity index (χ4n) is 2.11. The van der Waals surface area contributed by atoms with Crippen LogP contribution < -0.4 is 10.6 Å². The van der Waals surface area contributed by atoms with E-state index < -0.39 is 0 Å². The second kappa shape index (κ2) is 10.1. The molecular weight excluding hydrogens is 406 g/mol. The topological polar surface area (TPSA) is 49.3 Å². The average Bonchev–Trinajstić information content (AvgIpc) is 2.54. The molecule has 0 fully saturated rings. The number of nitrogens with one attached hydrogen (secondary N) is 2. The summed E-state index contributed by atoms with van der Waals surface area (Å²) in [5.41, 5.74) is 3.48. The number of nitrogens with zero attached hydrogens (tertiary/aromatic N) is 2. The van der Waals surface area contributed by atoms with Gasteiger partial charge in [-0.2, -0.15) is 0 Å². The molecule has 2 rings (SSSR count). The number of hydrogen-bond acceptors (Lipinski definition) is 2. The monoisotopic (exact) mass is 428 g/mol. The highest BCUT2D eigenvalue weighted by atomic mass is 127. The number of guanidine groups is 1. The molecule has 0 aliphatic rings. The molecule has 2 N–H and O–H groups in total. The van der Waals surface area contributed by atoms with Crippen molar-refractivity contribution >= 4 is 29.9 Å².